The third kappa shape index (κ3) is 3.22. The molecule has 0 saturated carbocycles. The Morgan fingerprint density at radius 3 is 3.05 bits per heavy atom. The molecule has 0 bridgehead atoms. The summed E-state index contributed by atoms with van der Waals surface area (Å²) in [6.07, 6.45) is 2.34. The molecule has 0 radical (unpaired) electrons. The predicted octanol–water partition coefficient (Wildman–Crippen LogP) is -1.13. The average Bonchev–Trinajstić information content (AvgIpc) is 2.83. The van der Waals surface area contributed by atoms with Crippen molar-refractivity contribution in [3.63, 3.8) is 0 Å². The Bertz CT molecular complexity index is 473. The normalized spacial score (nSPS) is 19.2. The zero-order valence-corrected chi connectivity index (χ0v) is 10.6. The highest BCUT2D eigenvalue weighted by molar-refractivity contribution is 5.79. The van der Waals surface area contributed by atoms with E-state index >= 15 is 0 Å². The Kier molecular flexibility index (Phi) is 4.00. The highest BCUT2D eigenvalue weighted by Gasteiger charge is 2.29. The number of ether oxygens (including phenoxy) is 2. The highest BCUT2D eigenvalue weighted by atomic mass is 16.6. The maximum Gasteiger partial charge on any atom is 0.336 e. The van der Waals surface area contributed by atoms with Gasteiger partial charge in [0.05, 0.1) is 32.1 Å². The van der Waals surface area contributed by atoms with Gasteiger partial charge in [0.2, 0.25) is 5.91 Å². The van der Waals surface area contributed by atoms with Gasteiger partial charge in [-0.05, 0) is 0 Å². The Morgan fingerprint density at radius 1 is 1.63 bits per heavy atom. The fourth-order valence-electron chi connectivity index (χ4n) is 1.85. The molecule has 1 fully saturated rings. The third-order valence-electron chi connectivity index (χ3n) is 2.83. The molecule has 1 unspecified atom stereocenters. The molecule has 0 spiro atoms. The average molecular weight is 268 g/mol. The van der Waals surface area contributed by atoms with Crippen LogP contribution in [0.25, 0.3) is 0 Å². The number of carbonyl (C=O) groups is 2. The van der Waals surface area contributed by atoms with Crippen LogP contribution in [0.15, 0.2) is 12.4 Å². The van der Waals surface area contributed by atoms with Crippen molar-refractivity contribution >= 4 is 17.6 Å². The Hall–Kier alpha value is -2.09. The standard InChI is InChI=1S/C11H16N4O4/c1-18-11(17)9-6-14(2-3-19-9)10(16)7-15-5-8(12)4-13-15/h4-5,9H,2-3,6-7,12H2,1H3. The van der Waals surface area contributed by atoms with E-state index in [1.165, 1.54) is 18.0 Å². The van der Waals surface area contributed by atoms with Gasteiger partial charge in [-0.15, -0.1) is 0 Å². The maximum absolute atomic E-state index is 12.0. The summed E-state index contributed by atoms with van der Waals surface area (Å²) in [6, 6.07) is 0. The summed E-state index contributed by atoms with van der Waals surface area (Å²) in [5.74, 6) is -0.610. The van der Waals surface area contributed by atoms with Crippen molar-refractivity contribution in [2.75, 3.05) is 32.5 Å². The quantitative estimate of drug-likeness (QED) is 0.696. The lowest BCUT2D eigenvalue weighted by Crippen LogP contribution is -2.49. The lowest BCUT2D eigenvalue weighted by atomic mass is 10.2. The molecular weight excluding hydrogens is 252 g/mol. The number of nitrogens with two attached hydrogens (primary N) is 1. The van der Waals surface area contributed by atoms with Crippen LogP contribution in [0.3, 0.4) is 0 Å². The summed E-state index contributed by atoms with van der Waals surface area (Å²) in [5, 5.41) is 3.94. The number of aromatic nitrogens is 2. The number of anilines is 1. The molecule has 19 heavy (non-hydrogen) atoms. The van der Waals surface area contributed by atoms with E-state index in [9.17, 15) is 9.59 Å². The van der Waals surface area contributed by atoms with E-state index in [4.69, 9.17) is 10.5 Å². The first-order chi connectivity index (χ1) is 9.10. The van der Waals surface area contributed by atoms with E-state index in [0.29, 0.717) is 18.8 Å². The molecule has 1 aromatic heterocycles. The number of hydrogen-bond acceptors (Lipinski definition) is 6. The summed E-state index contributed by atoms with van der Waals surface area (Å²) >= 11 is 0. The molecule has 1 amide bonds. The van der Waals surface area contributed by atoms with Gasteiger partial charge in [-0.25, -0.2) is 4.79 Å². The molecule has 1 aliphatic rings. The van der Waals surface area contributed by atoms with Crippen LogP contribution in [-0.4, -0.2) is 59.5 Å². The first-order valence-electron chi connectivity index (χ1n) is 5.85. The van der Waals surface area contributed by atoms with Crippen molar-refractivity contribution in [1.82, 2.24) is 14.7 Å². The number of methoxy groups -OCH3 is 1. The molecule has 2 heterocycles. The van der Waals surface area contributed by atoms with Crippen LogP contribution in [0.4, 0.5) is 5.69 Å². The minimum absolute atomic E-state index is 0.0884. The molecule has 1 saturated heterocycles. The summed E-state index contributed by atoms with van der Waals surface area (Å²) in [4.78, 5) is 25.0. The Labute approximate surface area is 110 Å². The van der Waals surface area contributed by atoms with Crippen LogP contribution < -0.4 is 5.73 Å². The molecule has 2 N–H and O–H groups in total. The summed E-state index contributed by atoms with van der Waals surface area (Å²) in [5.41, 5.74) is 6.03. The van der Waals surface area contributed by atoms with Crippen molar-refractivity contribution in [3.8, 4) is 0 Å². The zero-order chi connectivity index (χ0) is 13.8. The predicted molar refractivity (Wildman–Crippen MR) is 65.0 cm³/mol. The van der Waals surface area contributed by atoms with Gasteiger partial charge in [-0.2, -0.15) is 5.10 Å². The van der Waals surface area contributed by atoms with Gasteiger partial charge in [0, 0.05) is 12.7 Å². The summed E-state index contributed by atoms with van der Waals surface area (Å²) in [6.45, 7) is 1.04. The number of nitrogen functional groups attached to an aromatic ring is 1. The second kappa shape index (κ2) is 5.70. The Balaban J connectivity index is 1.93. The molecule has 8 nitrogen and oxygen atoms in total. The van der Waals surface area contributed by atoms with Crippen molar-refractivity contribution in [3.05, 3.63) is 12.4 Å². The van der Waals surface area contributed by atoms with Gasteiger partial charge in [0.1, 0.15) is 6.54 Å². The molecule has 0 aromatic carbocycles. The minimum atomic E-state index is -0.717. The van der Waals surface area contributed by atoms with Gasteiger partial charge in [0.15, 0.2) is 6.10 Å². The first-order valence-corrected chi connectivity index (χ1v) is 5.85. The van der Waals surface area contributed by atoms with E-state index in [1.54, 1.807) is 11.1 Å². The van der Waals surface area contributed by atoms with Crippen LogP contribution in [0.1, 0.15) is 0 Å². The molecule has 0 aliphatic carbocycles. The minimum Gasteiger partial charge on any atom is -0.467 e. The van der Waals surface area contributed by atoms with E-state index in [0.717, 1.165) is 0 Å². The highest BCUT2D eigenvalue weighted by Crippen LogP contribution is 2.08. The van der Waals surface area contributed by atoms with Crippen molar-refractivity contribution in [1.29, 1.82) is 0 Å². The van der Waals surface area contributed by atoms with Crippen LogP contribution in [0, 0.1) is 0 Å². The maximum atomic E-state index is 12.0. The number of rotatable bonds is 3. The summed E-state index contributed by atoms with van der Waals surface area (Å²) in [7, 11) is 1.29. The van der Waals surface area contributed by atoms with Gasteiger partial charge < -0.3 is 20.1 Å². The van der Waals surface area contributed by atoms with Crippen molar-refractivity contribution < 1.29 is 19.1 Å². The molecule has 1 atom stereocenters. The molecular formula is C11H16N4O4. The van der Waals surface area contributed by atoms with Gasteiger partial charge in [-0.3, -0.25) is 9.48 Å². The number of esters is 1. The van der Waals surface area contributed by atoms with Gasteiger partial charge in [0.25, 0.3) is 0 Å². The lowest BCUT2D eigenvalue weighted by molar-refractivity contribution is -0.162. The van der Waals surface area contributed by atoms with Crippen LogP contribution in [0.5, 0.6) is 0 Å². The van der Waals surface area contributed by atoms with Gasteiger partial charge >= 0.3 is 5.97 Å². The molecule has 1 aliphatic heterocycles. The third-order valence-corrected chi connectivity index (χ3v) is 2.83. The van der Waals surface area contributed by atoms with Gasteiger partial charge in [-0.1, -0.05) is 0 Å². The summed E-state index contributed by atoms with van der Waals surface area (Å²) < 4.78 is 11.3. The zero-order valence-electron chi connectivity index (χ0n) is 10.6. The monoisotopic (exact) mass is 268 g/mol. The number of amides is 1. The van der Waals surface area contributed by atoms with Crippen LogP contribution >= 0.6 is 0 Å². The number of nitrogens with zero attached hydrogens (tertiary/aromatic N) is 3. The van der Waals surface area contributed by atoms with Crippen LogP contribution in [-0.2, 0) is 25.6 Å². The smallest absolute Gasteiger partial charge is 0.336 e. The van der Waals surface area contributed by atoms with Crippen molar-refractivity contribution in [2.24, 2.45) is 0 Å². The lowest BCUT2D eigenvalue weighted by Gasteiger charge is -2.31. The second-order valence-corrected chi connectivity index (χ2v) is 4.19. The SMILES string of the molecule is COC(=O)C1CN(C(=O)Cn2cc(N)cn2)CCO1. The van der Waals surface area contributed by atoms with E-state index in [2.05, 4.69) is 9.84 Å². The van der Waals surface area contributed by atoms with Crippen LogP contribution in [0.2, 0.25) is 0 Å². The Morgan fingerprint density at radius 2 is 2.42 bits per heavy atom. The molecule has 104 valence electrons. The first kappa shape index (κ1) is 13.3. The van der Waals surface area contributed by atoms with E-state index < -0.39 is 12.1 Å². The number of hydrogen-bond donors (Lipinski definition) is 1. The molecule has 8 heteroatoms. The molecule has 1 aromatic rings. The fraction of sp³-hybridized carbons (Fsp3) is 0.545. The van der Waals surface area contributed by atoms with E-state index in [1.807, 2.05) is 0 Å². The topological polar surface area (TPSA) is 99.7 Å². The molecule has 2 rings (SSSR count). The fourth-order valence-corrected chi connectivity index (χ4v) is 1.85. The number of morpholine rings is 1. The van der Waals surface area contributed by atoms with E-state index in [-0.39, 0.29) is 19.0 Å². The second-order valence-electron chi connectivity index (χ2n) is 4.19. The largest absolute Gasteiger partial charge is 0.467 e. The van der Waals surface area contributed by atoms with Crippen molar-refractivity contribution in [2.45, 2.75) is 12.6 Å². The number of carbonyl (C=O) groups excluding carboxylic acids is 2.